The molecule has 0 atom stereocenters. The van der Waals surface area contributed by atoms with Gasteiger partial charge >= 0.3 is 6.09 Å². The fourth-order valence-corrected chi connectivity index (χ4v) is 2.36. The number of alkyl carbamates (subject to hydrolysis) is 1. The quantitative estimate of drug-likeness (QED) is 0.817. The molecule has 0 saturated carbocycles. The highest BCUT2D eigenvalue weighted by molar-refractivity contribution is 5.67. The van der Waals surface area contributed by atoms with Gasteiger partial charge in [0.05, 0.1) is 0 Å². The molecular weight excluding hydrogens is 266 g/mol. The largest absolute Gasteiger partial charge is 0.444 e. The Morgan fingerprint density at radius 1 is 1.19 bits per heavy atom. The Kier molecular flexibility index (Phi) is 6.47. The lowest BCUT2D eigenvalue weighted by molar-refractivity contribution is 0.0512. The van der Waals surface area contributed by atoms with E-state index < -0.39 is 5.60 Å². The van der Waals surface area contributed by atoms with Crippen molar-refractivity contribution in [2.75, 3.05) is 33.2 Å². The first-order valence-corrected chi connectivity index (χ1v) is 7.98. The van der Waals surface area contributed by atoms with Crippen molar-refractivity contribution >= 4 is 6.09 Å². The van der Waals surface area contributed by atoms with Gasteiger partial charge in [-0.1, -0.05) is 0 Å². The molecule has 0 unspecified atom stereocenters. The number of amides is 1. The molecule has 0 aromatic heterocycles. The Morgan fingerprint density at radius 3 is 2.29 bits per heavy atom. The summed E-state index contributed by atoms with van der Waals surface area (Å²) in [6.45, 7) is 13.8. The maximum absolute atomic E-state index is 11.7. The third-order valence-electron chi connectivity index (χ3n) is 3.78. The highest BCUT2D eigenvalue weighted by Gasteiger charge is 2.23. The van der Waals surface area contributed by atoms with E-state index in [1.54, 1.807) is 0 Å². The third kappa shape index (κ3) is 8.27. The Hall–Kier alpha value is -0.810. The van der Waals surface area contributed by atoms with Crippen LogP contribution in [0, 0.1) is 5.92 Å². The molecule has 5 heteroatoms. The van der Waals surface area contributed by atoms with E-state index in [1.807, 2.05) is 20.8 Å². The van der Waals surface area contributed by atoms with Crippen LogP contribution in [0.2, 0.25) is 0 Å². The zero-order valence-electron chi connectivity index (χ0n) is 14.6. The topological polar surface area (TPSA) is 53.6 Å². The number of carbonyl (C=O) groups is 1. The van der Waals surface area contributed by atoms with Crippen LogP contribution in [0.15, 0.2) is 0 Å². The van der Waals surface area contributed by atoms with E-state index >= 15 is 0 Å². The van der Waals surface area contributed by atoms with Crippen molar-refractivity contribution in [1.29, 1.82) is 0 Å². The summed E-state index contributed by atoms with van der Waals surface area (Å²) in [6, 6.07) is 0. The molecule has 1 amide bonds. The number of likely N-dealkylation sites (tertiary alicyclic amines) is 1. The van der Waals surface area contributed by atoms with Crippen molar-refractivity contribution in [2.45, 2.75) is 58.6 Å². The normalized spacial score (nSPS) is 18.6. The maximum Gasteiger partial charge on any atom is 0.407 e. The molecule has 21 heavy (non-hydrogen) atoms. The van der Waals surface area contributed by atoms with Gasteiger partial charge in [0.15, 0.2) is 0 Å². The molecule has 0 spiro atoms. The Bertz CT molecular complexity index is 329. The van der Waals surface area contributed by atoms with Crippen LogP contribution in [0.25, 0.3) is 0 Å². The second-order valence-electron chi connectivity index (χ2n) is 7.87. The molecule has 0 radical (unpaired) electrons. The summed E-state index contributed by atoms with van der Waals surface area (Å²) in [4.78, 5) is 14.1. The van der Waals surface area contributed by atoms with Gasteiger partial charge in [0.1, 0.15) is 5.60 Å². The van der Waals surface area contributed by atoms with Crippen LogP contribution in [-0.4, -0.2) is 55.4 Å². The lowest BCUT2D eigenvalue weighted by atomic mass is 9.95. The second kappa shape index (κ2) is 7.45. The van der Waals surface area contributed by atoms with Crippen molar-refractivity contribution in [3.05, 3.63) is 0 Å². The number of carbonyl (C=O) groups excluding carboxylic acids is 1. The monoisotopic (exact) mass is 299 g/mol. The Balaban J connectivity index is 2.25. The summed E-state index contributed by atoms with van der Waals surface area (Å²) in [5.41, 5.74) is -0.573. The van der Waals surface area contributed by atoms with Gasteiger partial charge in [-0.25, -0.2) is 4.79 Å². The predicted molar refractivity (Wildman–Crippen MR) is 86.5 cm³/mol. The van der Waals surface area contributed by atoms with Gasteiger partial charge in [-0.2, -0.15) is 0 Å². The summed E-state index contributed by atoms with van der Waals surface area (Å²) in [5.74, 6) is 0.738. The minimum Gasteiger partial charge on any atom is -0.444 e. The maximum atomic E-state index is 11.7. The molecule has 1 saturated heterocycles. The first-order chi connectivity index (χ1) is 9.57. The zero-order chi connectivity index (χ0) is 16.1. The van der Waals surface area contributed by atoms with Gasteiger partial charge in [-0.15, -0.1) is 0 Å². The molecule has 1 fully saturated rings. The highest BCUT2D eigenvalue weighted by atomic mass is 16.6. The first kappa shape index (κ1) is 18.2. The molecular formula is C16H33N3O2. The van der Waals surface area contributed by atoms with Crippen molar-refractivity contribution < 1.29 is 9.53 Å². The second-order valence-corrected chi connectivity index (χ2v) is 7.87. The average molecular weight is 299 g/mol. The van der Waals surface area contributed by atoms with Crippen LogP contribution in [0.5, 0.6) is 0 Å². The molecule has 1 heterocycles. The summed E-state index contributed by atoms with van der Waals surface area (Å²) in [7, 11) is 2.18. The van der Waals surface area contributed by atoms with E-state index in [9.17, 15) is 4.79 Å². The van der Waals surface area contributed by atoms with Crippen molar-refractivity contribution in [2.24, 2.45) is 5.92 Å². The lowest BCUT2D eigenvalue weighted by Crippen LogP contribution is -2.51. The van der Waals surface area contributed by atoms with Crippen LogP contribution in [0.4, 0.5) is 4.79 Å². The molecule has 1 aliphatic rings. The van der Waals surface area contributed by atoms with Crippen LogP contribution in [-0.2, 0) is 4.74 Å². The minimum atomic E-state index is -0.449. The van der Waals surface area contributed by atoms with Gasteiger partial charge in [0.25, 0.3) is 0 Å². The van der Waals surface area contributed by atoms with Crippen LogP contribution >= 0.6 is 0 Å². The molecule has 0 bridgehead atoms. The van der Waals surface area contributed by atoms with E-state index in [4.69, 9.17) is 4.74 Å². The van der Waals surface area contributed by atoms with Crippen LogP contribution in [0.1, 0.15) is 47.5 Å². The molecule has 0 aliphatic carbocycles. The van der Waals surface area contributed by atoms with E-state index in [0.717, 1.165) is 12.5 Å². The van der Waals surface area contributed by atoms with Crippen LogP contribution in [0.3, 0.4) is 0 Å². The molecule has 2 N–H and O–H groups in total. The molecule has 0 aromatic rings. The standard InChI is InChI=1S/C16H33N3O2/c1-15(2,3)21-14(20)17-12-16(4,5)18-11-13-7-9-19(6)10-8-13/h13,18H,7-12H2,1-6H3,(H,17,20). The summed E-state index contributed by atoms with van der Waals surface area (Å²) < 4.78 is 5.26. The van der Waals surface area contributed by atoms with Gasteiger partial charge in [0.2, 0.25) is 0 Å². The van der Waals surface area contributed by atoms with Gasteiger partial charge < -0.3 is 20.3 Å². The van der Waals surface area contributed by atoms with E-state index in [1.165, 1.54) is 25.9 Å². The predicted octanol–water partition coefficient (Wildman–Crippen LogP) is 2.22. The number of nitrogens with one attached hydrogen (secondary N) is 2. The molecule has 5 nitrogen and oxygen atoms in total. The summed E-state index contributed by atoms with van der Waals surface area (Å²) in [6.07, 6.45) is 2.15. The molecule has 0 aromatic carbocycles. The number of rotatable bonds is 5. The Morgan fingerprint density at radius 2 is 1.76 bits per heavy atom. The number of nitrogens with zero attached hydrogens (tertiary/aromatic N) is 1. The molecule has 124 valence electrons. The van der Waals surface area contributed by atoms with E-state index in [-0.39, 0.29) is 11.6 Å². The van der Waals surface area contributed by atoms with Crippen molar-refractivity contribution in [1.82, 2.24) is 15.5 Å². The van der Waals surface area contributed by atoms with Crippen molar-refractivity contribution in [3.63, 3.8) is 0 Å². The first-order valence-electron chi connectivity index (χ1n) is 7.98. The SMILES string of the molecule is CN1CCC(CNC(C)(C)CNC(=O)OC(C)(C)C)CC1. The van der Waals surface area contributed by atoms with Gasteiger partial charge in [-0.3, -0.25) is 0 Å². The van der Waals surface area contributed by atoms with Gasteiger partial charge in [0, 0.05) is 12.1 Å². The van der Waals surface area contributed by atoms with Crippen LogP contribution < -0.4 is 10.6 Å². The molecule has 1 rings (SSSR count). The van der Waals surface area contributed by atoms with Gasteiger partial charge in [-0.05, 0) is 80.1 Å². The minimum absolute atomic E-state index is 0.125. The number of hydrogen-bond donors (Lipinski definition) is 2. The number of ether oxygens (including phenoxy) is 1. The Labute approximate surface area is 129 Å². The van der Waals surface area contributed by atoms with Crippen molar-refractivity contribution in [3.8, 4) is 0 Å². The fraction of sp³-hybridized carbons (Fsp3) is 0.938. The number of hydrogen-bond acceptors (Lipinski definition) is 4. The average Bonchev–Trinajstić information content (AvgIpc) is 2.34. The number of piperidine rings is 1. The lowest BCUT2D eigenvalue weighted by Gasteiger charge is -2.33. The smallest absolute Gasteiger partial charge is 0.407 e. The highest BCUT2D eigenvalue weighted by Crippen LogP contribution is 2.16. The summed E-state index contributed by atoms with van der Waals surface area (Å²) in [5, 5.41) is 6.42. The summed E-state index contributed by atoms with van der Waals surface area (Å²) >= 11 is 0. The zero-order valence-corrected chi connectivity index (χ0v) is 14.6. The fourth-order valence-electron chi connectivity index (χ4n) is 2.36. The van der Waals surface area contributed by atoms with E-state index in [0.29, 0.717) is 6.54 Å². The van der Waals surface area contributed by atoms with E-state index in [2.05, 4.69) is 36.4 Å². The third-order valence-corrected chi connectivity index (χ3v) is 3.78. The molecule has 1 aliphatic heterocycles.